The van der Waals surface area contributed by atoms with E-state index in [2.05, 4.69) is 48.1 Å². The maximum Gasteiger partial charge on any atom is 0.322 e. The second-order valence-corrected chi connectivity index (χ2v) is 23.3. The summed E-state index contributed by atoms with van der Waals surface area (Å²) in [6, 6.07) is 0. The standard InChI is InChI=1S/C30H56O5S6Si/c1-12-20-38-22-23(36)40-29(7,8)24(31)34-19-15-17-28(5,6)42(11)35-27(3,4)16-14-18-33-25(32)30(9,10)41-26(37)39-21-13-2/h42H,12-22H2,1-11H3. The van der Waals surface area contributed by atoms with Gasteiger partial charge in [0.2, 0.25) is 0 Å². The molecule has 0 bridgehead atoms. The van der Waals surface area contributed by atoms with Gasteiger partial charge in [-0.25, -0.2) is 0 Å². The highest BCUT2D eigenvalue weighted by molar-refractivity contribution is 8.47. The number of esters is 2. The van der Waals surface area contributed by atoms with Crippen LogP contribution < -0.4 is 0 Å². The molecule has 0 heterocycles. The van der Waals surface area contributed by atoms with Crippen molar-refractivity contribution in [2.45, 2.75) is 134 Å². The quantitative estimate of drug-likeness (QED) is 0.0494. The van der Waals surface area contributed by atoms with Crippen LogP contribution in [0.3, 0.4) is 0 Å². The van der Waals surface area contributed by atoms with Gasteiger partial charge in [-0.15, -0.1) is 11.8 Å². The van der Waals surface area contributed by atoms with Crippen molar-refractivity contribution in [1.82, 2.24) is 0 Å². The number of carbonyl (C=O) groups is 2. The molecule has 0 aromatic carbocycles. The predicted octanol–water partition coefficient (Wildman–Crippen LogP) is 9.48. The Bertz CT molecular complexity index is 863. The lowest BCUT2D eigenvalue weighted by Crippen LogP contribution is -2.38. The lowest BCUT2D eigenvalue weighted by Gasteiger charge is -2.37. The molecular weight excluding hydrogens is 661 g/mol. The molecule has 0 spiro atoms. The van der Waals surface area contributed by atoms with Crippen molar-refractivity contribution in [3.05, 3.63) is 0 Å². The van der Waals surface area contributed by atoms with E-state index in [0.717, 1.165) is 63.5 Å². The van der Waals surface area contributed by atoms with E-state index in [-0.39, 0.29) is 22.6 Å². The third kappa shape index (κ3) is 18.6. The molecule has 0 fully saturated rings. The molecule has 0 aliphatic heterocycles. The number of hydrogen-bond donors (Lipinski definition) is 0. The molecule has 0 aromatic heterocycles. The second-order valence-electron chi connectivity index (χ2n) is 12.7. The van der Waals surface area contributed by atoms with Gasteiger partial charge in [-0.3, -0.25) is 9.59 Å². The van der Waals surface area contributed by atoms with Gasteiger partial charge in [-0.1, -0.05) is 75.7 Å². The molecule has 0 rings (SSSR count). The smallest absolute Gasteiger partial charge is 0.322 e. The Morgan fingerprint density at radius 1 is 0.762 bits per heavy atom. The maximum atomic E-state index is 12.7. The van der Waals surface area contributed by atoms with E-state index < -0.39 is 18.5 Å². The Hall–Kier alpha value is 0.697. The average molecular weight is 717 g/mol. The molecular formula is C30H56O5S6Si. The minimum absolute atomic E-state index is 0.0356. The van der Waals surface area contributed by atoms with Gasteiger partial charge >= 0.3 is 11.9 Å². The Morgan fingerprint density at radius 2 is 1.26 bits per heavy atom. The van der Waals surface area contributed by atoms with Crippen LogP contribution in [0.1, 0.15) is 108 Å². The third-order valence-corrected chi connectivity index (χ3v) is 16.0. The number of carbonyl (C=O) groups excluding carboxylic acids is 2. The molecule has 1 atom stereocenters. The summed E-state index contributed by atoms with van der Waals surface area (Å²) in [5.74, 6) is 2.38. The van der Waals surface area contributed by atoms with Gasteiger partial charge in [0, 0.05) is 5.75 Å². The zero-order chi connectivity index (χ0) is 32.6. The topological polar surface area (TPSA) is 61.8 Å². The molecule has 42 heavy (non-hydrogen) atoms. The molecule has 0 N–H and O–H groups in total. The number of thioether (sulfide) groups is 4. The Kier molecular flexibility index (Phi) is 21.1. The fraction of sp³-hybridized carbons (Fsp3) is 0.867. The van der Waals surface area contributed by atoms with E-state index in [9.17, 15) is 9.59 Å². The maximum absolute atomic E-state index is 12.7. The zero-order valence-electron chi connectivity index (χ0n) is 27.8. The molecule has 12 heteroatoms. The predicted molar refractivity (Wildman–Crippen MR) is 202 cm³/mol. The zero-order valence-corrected chi connectivity index (χ0v) is 33.9. The van der Waals surface area contributed by atoms with Crippen LogP contribution in [0.25, 0.3) is 0 Å². The number of ether oxygens (including phenoxy) is 2. The van der Waals surface area contributed by atoms with Gasteiger partial charge in [0.05, 0.1) is 23.0 Å². The van der Waals surface area contributed by atoms with Crippen LogP contribution in [0.4, 0.5) is 0 Å². The normalized spacial score (nSPS) is 13.5. The van der Waals surface area contributed by atoms with Crippen molar-refractivity contribution in [1.29, 1.82) is 0 Å². The highest BCUT2D eigenvalue weighted by Crippen LogP contribution is 2.38. The van der Waals surface area contributed by atoms with Crippen molar-refractivity contribution in [3.63, 3.8) is 0 Å². The highest BCUT2D eigenvalue weighted by Gasteiger charge is 2.35. The van der Waals surface area contributed by atoms with E-state index in [4.69, 9.17) is 38.3 Å². The highest BCUT2D eigenvalue weighted by atomic mass is 32.2. The lowest BCUT2D eigenvalue weighted by molar-refractivity contribution is -0.146. The first-order chi connectivity index (χ1) is 19.3. The first-order valence-electron chi connectivity index (χ1n) is 15.0. The summed E-state index contributed by atoms with van der Waals surface area (Å²) < 4.78 is 18.1. The van der Waals surface area contributed by atoms with Crippen LogP contribution in [0.5, 0.6) is 0 Å². The minimum Gasteiger partial charge on any atom is -0.465 e. The summed E-state index contributed by atoms with van der Waals surface area (Å²) in [6.45, 7) is 23.5. The monoisotopic (exact) mass is 716 g/mol. The van der Waals surface area contributed by atoms with Crippen LogP contribution in [-0.2, 0) is 23.5 Å². The molecule has 0 saturated heterocycles. The first-order valence-corrected chi connectivity index (χ1v) is 21.8. The van der Waals surface area contributed by atoms with Crippen LogP contribution in [0.2, 0.25) is 11.6 Å². The Morgan fingerprint density at radius 3 is 1.79 bits per heavy atom. The molecule has 1 unspecified atom stereocenters. The summed E-state index contributed by atoms with van der Waals surface area (Å²) in [4.78, 5) is 25.4. The van der Waals surface area contributed by atoms with E-state index in [1.807, 2.05) is 39.5 Å². The van der Waals surface area contributed by atoms with Gasteiger partial charge in [0.25, 0.3) is 0 Å². The van der Waals surface area contributed by atoms with Gasteiger partial charge in [0.15, 0.2) is 9.04 Å². The molecule has 5 nitrogen and oxygen atoms in total. The summed E-state index contributed by atoms with van der Waals surface area (Å²) >= 11 is 17.2. The van der Waals surface area contributed by atoms with Gasteiger partial charge in [-0.05, 0) is 103 Å². The fourth-order valence-corrected chi connectivity index (χ4v) is 11.3. The van der Waals surface area contributed by atoms with Crippen molar-refractivity contribution in [3.8, 4) is 0 Å². The number of thiocarbonyl (C=S) groups is 2. The fourth-order valence-electron chi connectivity index (χ4n) is 3.72. The van der Waals surface area contributed by atoms with Crippen molar-refractivity contribution in [2.24, 2.45) is 0 Å². The van der Waals surface area contributed by atoms with E-state index >= 15 is 0 Å². The van der Waals surface area contributed by atoms with E-state index in [1.165, 1.54) is 23.5 Å². The molecule has 246 valence electrons. The molecule has 0 aliphatic rings. The Balaban J connectivity index is 4.53. The van der Waals surface area contributed by atoms with Crippen LogP contribution in [-0.4, -0.2) is 74.3 Å². The largest absolute Gasteiger partial charge is 0.465 e. The molecule has 0 radical (unpaired) electrons. The molecule has 0 aliphatic carbocycles. The first kappa shape index (κ1) is 42.7. The number of hydrogen-bond acceptors (Lipinski definition) is 11. The van der Waals surface area contributed by atoms with E-state index in [1.54, 1.807) is 11.8 Å². The van der Waals surface area contributed by atoms with Crippen molar-refractivity contribution >= 4 is 100 Å². The van der Waals surface area contributed by atoms with E-state index in [0.29, 0.717) is 13.2 Å². The average Bonchev–Trinajstić information content (AvgIpc) is 2.86. The molecule has 0 amide bonds. The molecule has 0 aromatic rings. The SMILES string of the molecule is CCCSCC(=S)SC(C)(C)C(=O)OCCCC(C)(C)[SiH](C)OC(C)(C)CCCOC(=O)C(C)(C)SC(=S)SCCC. The Labute approximate surface area is 286 Å². The third-order valence-electron chi connectivity index (χ3n) is 6.63. The van der Waals surface area contributed by atoms with Crippen LogP contribution >= 0.6 is 71.5 Å². The minimum atomic E-state index is -1.59. The second kappa shape index (κ2) is 20.7. The summed E-state index contributed by atoms with van der Waals surface area (Å²) in [5, 5.41) is 0.0356. The molecule has 0 saturated carbocycles. The van der Waals surface area contributed by atoms with Crippen LogP contribution in [0.15, 0.2) is 0 Å². The lowest BCUT2D eigenvalue weighted by atomic mass is 10.0. The summed E-state index contributed by atoms with van der Waals surface area (Å²) in [6.07, 6.45) is 5.42. The van der Waals surface area contributed by atoms with Crippen molar-refractivity contribution < 1.29 is 23.5 Å². The van der Waals surface area contributed by atoms with Gasteiger partial charge < -0.3 is 13.9 Å². The van der Waals surface area contributed by atoms with Gasteiger partial charge in [0.1, 0.15) is 13.0 Å². The van der Waals surface area contributed by atoms with Gasteiger partial charge in [-0.2, -0.15) is 11.8 Å². The van der Waals surface area contributed by atoms with Crippen LogP contribution in [0, 0.1) is 0 Å². The summed E-state index contributed by atoms with van der Waals surface area (Å²) in [5.41, 5.74) is -0.306. The van der Waals surface area contributed by atoms with Crippen molar-refractivity contribution in [2.75, 3.05) is 30.5 Å². The summed E-state index contributed by atoms with van der Waals surface area (Å²) in [7, 11) is -1.59. The number of rotatable bonds is 21.